The zero-order chi connectivity index (χ0) is 14.4. The van der Waals surface area contributed by atoms with E-state index in [9.17, 15) is 0 Å². The maximum atomic E-state index is 5.45. The standard InChI is InChI=1S/C16H21N3O/c1-4-18-14(15-11-17-7-8-19-15)10-13-9-12(2)5-6-16(13)20-3/h5-9,11,14,18H,4,10H2,1-3H3. The molecule has 1 unspecified atom stereocenters. The van der Waals surface area contributed by atoms with Crippen molar-refractivity contribution in [3.05, 3.63) is 53.6 Å². The van der Waals surface area contributed by atoms with E-state index in [0.29, 0.717) is 0 Å². The van der Waals surface area contributed by atoms with Crippen LogP contribution in [0.2, 0.25) is 0 Å². The first-order valence-electron chi connectivity index (χ1n) is 6.87. The highest BCUT2D eigenvalue weighted by molar-refractivity contribution is 5.37. The van der Waals surface area contributed by atoms with E-state index >= 15 is 0 Å². The lowest BCUT2D eigenvalue weighted by molar-refractivity contribution is 0.405. The van der Waals surface area contributed by atoms with E-state index in [1.165, 1.54) is 11.1 Å². The van der Waals surface area contributed by atoms with Crippen molar-refractivity contribution < 1.29 is 4.74 Å². The molecule has 106 valence electrons. The number of nitrogens with one attached hydrogen (secondary N) is 1. The van der Waals surface area contributed by atoms with Crippen molar-refractivity contribution in [3.63, 3.8) is 0 Å². The van der Waals surface area contributed by atoms with Crippen LogP contribution in [0.1, 0.15) is 29.8 Å². The summed E-state index contributed by atoms with van der Waals surface area (Å²) in [7, 11) is 1.71. The topological polar surface area (TPSA) is 47.0 Å². The molecule has 20 heavy (non-hydrogen) atoms. The second-order valence-corrected chi connectivity index (χ2v) is 4.76. The normalized spacial score (nSPS) is 12.2. The smallest absolute Gasteiger partial charge is 0.122 e. The highest BCUT2D eigenvalue weighted by atomic mass is 16.5. The summed E-state index contributed by atoms with van der Waals surface area (Å²) < 4.78 is 5.45. The summed E-state index contributed by atoms with van der Waals surface area (Å²) in [5, 5.41) is 3.46. The summed E-state index contributed by atoms with van der Waals surface area (Å²) in [5.74, 6) is 0.919. The molecule has 4 heteroatoms. The number of methoxy groups -OCH3 is 1. The van der Waals surface area contributed by atoms with Gasteiger partial charge in [-0.15, -0.1) is 0 Å². The second-order valence-electron chi connectivity index (χ2n) is 4.76. The first-order valence-corrected chi connectivity index (χ1v) is 6.87. The van der Waals surface area contributed by atoms with E-state index in [-0.39, 0.29) is 6.04 Å². The van der Waals surface area contributed by atoms with Gasteiger partial charge in [-0.3, -0.25) is 9.97 Å². The Hall–Kier alpha value is -1.94. The number of benzene rings is 1. The first kappa shape index (κ1) is 14.5. The van der Waals surface area contributed by atoms with Gasteiger partial charge >= 0.3 is 0 Å². The van der Waals surface area contributed by atoms with Crippen LogP contribution in [-0.2, 0) is 6.42 Å². The number of likely N-dealkylation sites (N-methyl/N-ethyl adjacent to an activating group) is 1. The lowest BCUT2D eigenvalue weighted by Crippen LogP contribution is -2.24. The average Bonchev–Trinajstić information content (AvgIpc) is 2.48. The Kier molecular flexibility index (Phi) is 5.07. The van der Waals surface area contributed by atoms with E-state index < -0.39 is 0 Å². The van der Waals surface area contributed by atoms with E-state index in [1.807, 2.05) is 12.3 Å². The minimum Gasteiger partial charge on any atom is -0.496 e. The zero-order valence-electron chi connectivity index (χ0n) is 12.3. The van der Waals surface area contributed by atoms with Crippen LogP contribution in [-0.4, -0.2) is 23.6 Å². The third kappa shape index (κ3) is 3.54. The Balaban J connectivity index is 2.26. The largest absolute Gasteiger partial charge is 0.496 e. The Labute approximate surface area is 120 Å². The van der Waals surface area contributed by atoms with Crippen LogP contribution in [0.5, 0.6) is 5.75 Å². The highest BCUT2D eigenvalue weighted by Crippen LogP contribution is 2.25. The summed E-state index contributed by atoms with van der Waals surface area (Å²) >= 11 is 0. The van der Waals surface area contributed by atoms with Crippen molar-refractivity contribution in [1.29, 1.82) is 0 Å². The van der Waals surface area contributed by atoms with E-state index in [0.717, 1.165) is 24.4 Å². The molecular formula is C16H21N3O. The lowest BCUT2D eigenvalue weighted by atomic mass is 10.0. The van der Waals surface area contributed by atoms with Gasteiger partial charge in [0.05, 0.1) is 18.8 Å². The van der Waals surface area contributed by atoms with Gasteiger partial charge in [-0.1, -0.05) is 24.6 Å². The molecule has 0 spiro atoms. The summed E-state index contributed by atoms with van der Waals surface area (Å²) in [6.07, 6.45) is 6.07. The minimum atomic E-state index is 0.143. The van der Waals surface area contributed by atoms with Crippen molar-refractivity contribution in [2.45, 2.75) is 26.3 Å². The monoisotopic (exact) mass is 271 g/mol. The molecule has 0 aliphatic carbocycles. The number of hydrogen-bond donors (Lipinski definition) is 1. The minimum absolute atomic E-state index is 0.143. The molecule has 0 aliphatic heterocycles. The average molecular weight is 271 g/mol. The fourth-order valence-corrected chi connectivity index (χ4v) is 2.31. The zero-order valence-corrected chi connectivity index (χ0v) is 12.3. The lowest BCUT2D eigenvalue weighted by Gasteiger charge is -2.19. The molecule has 1 heterocycles. The molecule has 2 rings (SSSR count). The van der Waals surface area contributed by atoms with Crippen LogP contribution in [0.3, 0.4) is 0 Å². The third-order valence-electron chi connectivity index (χ3n) is 3.25. The molecule has 1 aromatic heterocycles. The fraction of sp³-hybridized carbons (Fsp3) is 0.375. The Bertz CT molecular complexity index is 543. The van der Waals surface area contributed by atoms with Gasteiger partial charge in [0.25, 0.3) is 0 Å². The number of nitrogens with zero attached hydrogens (tertiary/aromatic N) is 2. The number of aromatic nitrogens is 2. The summed E-state index contributed by atoms with van der Waals surface area (Å²) in [4.78, 5) is 8.56. The molecule has 0 radical (unpaired) electrons. The van der Waals surface area contributed by atoms with Gasteiger partial charge in [0.2, 0.25) is 0 Å². The Morgan fingerprint density at radius 3 is 2.80 bits per heavy atom. The van der Waals surface area contributed by atoms with Crippen molar-refractivity contribution in [2.75, 3.05) is 13.7 Å². The van der Waals surface area contributed by atoms with Crippen LogP contribution in [0.25, 0.3) is 0 Å². The number of aryl methyl sites for hydroxylation is 1. The molecule has 0 saturated heterocycles. The van der Waals surface area contributed by atoms with Crippen molar-refractivity contribution in [2.24, 2.45) is 0 Å². The molecule has 1 N–H and O–H groups in total. The SMILES string of the molecule is CCNC(Cc1cc(C)ccc1OC)c1cnccn1. The molecule has 1 atom stereocenters. The molecule has 0 aliphatic rings. The van der Waals surface area contributed by atoms with Gasteiger partial charge in [0.1, 0.15) is 5.75 Å². The molecule has 0 bridgehead atoms. The fourth-order valence-electron chi connectivity index (χ4n) is 2.31. The molecule has 1 aromatic carbocycles. The molecule has 4 nitrogen and oxygen atoms in total. The van der Waals surface area contributed by atoms with Gasteiger partial charge in [0.15, 0.2) is 0 Å². The number of rotatable bonds is 6. The number of hydrogen-bond acceptors (Lipinski definition) is 4. The summed E-state index contributed by atoms with van der Waals surface area (Å²) in [5.41, 5.74) is 3.37. The second kappa shape index (κ2) is 7.01. The predicted octanol–water partition coefficient (Wildman–Crippen LogP) is 2.69. The quantitative estimate of drug-likeness (QED) is 0.877. The summed E-state index contributed by atoms with van der Waals surface area (Å²) in [6, 6.07) is 6.39. The molecular weight excluding hydrogens is 250 g/mol. The van der Waals surface area contributed by atoms with Gasteiger partial charge in [-0.25, -0.2) is 0 Å². The summed E-state index contributed by atoms with van der Waals surface area (Å²) in [6.45, 7) is 5.07. The molecule has 0 saturated carbocycles. The van der Waals surface area contributed by atoms with Gasteiger partial charge in [-0.2, -0.15) is 0 Å². The van der Waals surface area contributed by atoms with Crippen molar-refractivity contribution in [1.82, 2.24) is 15.3 Å². The number of ether oxygens (including phenoxy) is 1. The van der Waals surface area contributed by atoms with Gasteiger partial charge < -0.3 is 10.1 Å². The molecule has 0 amide bonds. The third-order valence-corrected chi connectivity index (χ3v) is 3.25. The van der Waals surface area contributed by atoms with E-state index in [1.54, 1.807) is 19.5 Å². The van der Waals surface area contributed by atoms with E-state index in [2.05, 4.69) is 41.3 Å². The first-order chi connectivity index (χ1) is 9.74. The Morgan fingerprint density at radius 1 is 1.30 bits per heavy atom. The van der Waals surface area contributed by atoms with E-state index in [4.69, 9.17) is 4.74 Å². The van der Waals surface area contributed by atoms with Crippen molar-refractivity contribution >= 4 is 0 Å². The molecule has 0 fully saturated rings. The molecule has 2 aromatic rings. The Morgan fingerprint density at radius 2 is 2.15 bits per heavy atom. The van der Waals surface area contributed by atoms with Crippen LogP contribution in [0.15, 0.2) is 36.8 Å². The maximum Gasteiger partial charge on any atom is 0.122 e. The van der Waals surface area contributed by atoms with Crippen LogP contribution in [0.4, 0.5) is 0 Å². The maximum absolute atomic E-state index is 5.45. The van der Waals surface area contributed by atoms with Gasteiger partial charge in [-0.05, 0) is 31.5 Å². The van der Waals surface area contributed by atoms with Crippen LogP contribution >= 0.6 is 0 Å². The predicted molar refractivity (Wildman–Crippen MR) is 79.9 cm³/mol. The van der Waals surface area contributed by atoms with Crippen LogP contribution < -0.4 is 10.1 Å². The van der Waals surface area contributed by atoms with Crippen LogP contribution in [0, 0.1) is 6.92 Å². The van der Waals surface area contributed by atoms with Gasteiger partial charge in [0, 0.05) is 18.6 Å². The highest BCUT2D eigenvalue weighted by Gasteiger charge is 2.15. The van der Waals surface area contributed by atoms with Crippen molar-refractivity contribution in [3.8, 4) is 5.75 Å².